The van der Waals surface area contributed by atoms with Crippen LogP contribution in [0.3, 0.4) is 0 Å². The second-order valence-corrected chi connectivity index (χ2v) is 5.91. The largest absolute Gasteiger partial charge is 0.207 e. The van der Waals surface area contributed by atoms with Crippen molar-refractivity contribution in [1.29, 1.82) is 0 Å². The summed E-state index contributed by atoms with van der Waals surface area (Å²) in [5, 5.41) is 0. The summed E-state index contributed by atoms with van der Waals surface area (Å²) in [5.74, 6) is 0.374. The molecule has 0 radical (unpaired) electrons. The number of aryl methyl sites for hydroxylation is 1. The van der Waals surface area contributed by atoms with Crippen LogP contribution in [0.4, 0.5) is 4.39 Å². The maximum Gasteiger partial charge on any atom is 0.126 e. The highest BCUT2D eigenvalue weighted by Crippen LogP contribution is 2.47. The smallest absolute Gasteiger partial charge is 0.126 e. The molecule has 0 fully saturated rings. The molecule has 3 rings (SSSR count). The van der Waals surface area contributed by atoms with Gasteiger partial charge < -0.3 is 0 Å². The first kappa shape index (κ1) is 11.9. The van der Waals surface area contributed by atoms with Crippen LogP contribution in [0.25, 0.3) is 0 Å². The van der Waals surface area contributed by atoms with Gasteiger partial charge in [0, 0.05) is 10.7 Å². The Morgan fingerprint density at radius 3 is 2.72 bits per heavy atom. The van der Waals surface area contributed by atoms with Crippen molar-refractivity contribution in [3.05, 3.63) is 70.5 Å². The molecule has 0 spiro atoms. The van der Waals surface area contributed by atoms with Crippen molar-refractivity contribution in [2.75, 3.05) is 0 Å². The summed E-state index contributed by atoms with van der Waals surface area (Å²) in [6, 6.07) is 13.9. The highest BCUT2D eigenvalue weighted by Gasteiger charge is 2.32. The fourth-order valence-corrected chi connectivity index (χ4v) is 3.39. The van der Waals surface area contributed by atoms with Gasteiger partial charge in [-0.1, -0.05) is 52.3 Å². The van der Waals surface area contributed by atoms with Crippen molar-refractivity contribution >= 4 is 15.9 Å². The van der Waals surface area contributed by atoms with E-state index in [9.17, 15) is 4.39 Å². The van der Waals surface area contributed by atoms with E-state index in [4.69, 9.17) is 0 Å². The van der Waals surface area contributed by atoms with Crippen LogP contribution in [0.15, 0.2) is 42.5 Å². The number of halogens is 2. The minimum absolute atomic E-state index is 0.132. The van der Waals surface area contributed by atoms with Gasteiger partial charge in [-0.05, 0) is 41.7 Å². The van der Waals surface area contributed by atoms with Gasteiger partial charge in [0.25, 0.3) is 0 Å². The second kappa shape index (κ2) is 4.51. The van der Waals surface area contributed by atoms with E-state index in [1.807, 2.05) is 19.1 Å². The standard InChI is InChI=1S/C16H14BrF/c1-10-8-12(6-7-15(10)18)16(17)14-9-11-4-2-3-5-13(11)14/h2-8,14,16H,9H2,1H3. The average Bonchev–Trinajstić information content (AvgIpc) is 2.34. The van der Waals surface area contributed by atoms with Gasteiger partial charge in [0.05, 0.1) is 0 Å². The van der Waals surface area contributed by atoms with E-state index >= 15 is 0 Å². The van der Waals surface area contributed by atoms with Gasteiger partial charge in [-0.15, -0.1) is 0 Å². The maximum absolute atomic E-state index is 13.3. The Labute approximate surface area is 115 Å². The minimum atomic E-state index is -0.132. The molecule has 0 aromatic heterocycles. The molecule has 0 N–H and O–H groups in total. The summed E-state index contributed by atoms with van der Waals surface area (Å²) in [4.78, 5) is 0.270. The Bertz CT molecular complexity index is 591. The fourth-order valence-electron chi connectivity index (χ4n) is 2.63. The first-order valence-electron chi connectivity index (χ1n) is 6.15. The van der Waals surface area contributed by atoms with E-state index in [-0.39, 0.29) is 10.6 Å². The molecule has 18 heavy (non-hydrogen) atoms. The van der Waals surface area contributed by atoms with Crippen molar-refractivity contribution in [1.82, 2.24) is 0 Å². The van der Waals surface area contributed by atoms with Gasteiger partial charge in [0.1, 0.15) is 5.82 Å². The molecule has 2 heteroatoms. The van der Waals surface area contributed by atoms with Gasteiger partial charge in [-0.2, -0.15) is 0 Å². The zero-order valence-electron chi connectivity index (χ0n) is 10.2. The molecule has 0 bridgehead atoms. The zero-order chi connectivity index (χ0) is 12.7. The second-order valence-electron chi connectivity index (χ2n) is 4.92. The zero-order valence-corrected chi connectivity index (χ0v) is 11.7. The summed E-state index contributed by atoms with van der Waals surface area (Å²) < 4.78 is 13.3. The SMILES string of the molecule is Cc1cc(C(Br)C2Cc3ccccc32)ccc1F. The lowest BCUT2D eigenvalue weighted by Gasteiger charge is -2.34. The summed E-state index contributed by atoms with van der Waals surface area (Å²) in [5.41, 5.74) is 4.73. The number of hydrogen-bond donors (Lipinski definition) is 0. The molecular formula is C16H14BrF. The van der Waals surface area contributed by atoms with Gasteiger partial charge in [0.15, 0.2) is 0 Å². The van der Waals surface area contributed by atoms with E-state index < -0.39 is 0 Å². The topological polar surface area (TPSA) is 0 Å². The van der Waals surface area contributed by atoms with E-state index in [1.54, 1.807) is 6.07 Å². The molecule has 0 saturated heterocycles. The van der Waals surface area contributed by atoms with Crippen LogP contribution in [0.2, 0.25) is 0 Å². The number of fused-ring (bicyclic) bond motifs is 1. The molecule has 2 atom stereocenters. The van der Waals surface area contributed by atoms with Gasteiger partial charge in [0.2, 0.25) is 0 Å². The van der Waals surface area contributed by atoms with Crippen LogP contribution >= 0.6 is 15.9 Å². The molecule has 0 aliphatic heterocycles. The Balaban J connectivity index is 1.88. The van der Waals surface area contributed by atoms with Crippen LogP contribution in [0.5, 0.6) is 0 Å². The lowest BCUT2D eigenvalue weighted by atomic mass is 9.74. The number of rotatable bonds is 2. The molecule has 2 unspecified atom stereocenters. The molecule has 92 valence electrons. The fraction of sp³-hybridized carbons (Fsp3) is 0.250. The maximum atomic E-state index is 13.3. The third kappa shape index (κ3) is 1.89. The normalized spacial score (nSPS) is 18.9. The summed E-state index contributed by atoms with van der Waals surface area (Å²) in [7, 11) is 0. The van der Waals surface area contributed by atoms with E-state index in [0.717, 1.165) is 12.0 Å². The first-order chi connectivity index (χ1) is 8.66. The van der Waals surface area contributed by atoms with Crippen molar-refractivity contribution in [3.63, 3.8) is 0 Å². The first-order valence-corrected chi connectivity index (χ1v) is 7.06. The minimum Gasteiger partial charge on any atom is -0.207 e. The van der Waals surface area contributed by atoms with E-state index in [1.165, 1.54) is 11.1 Å². The van der Waals surface area contributed by atoms with Crippen LogP contribution in [0, 0.1) is 12.7 Å². The monoisotopic (exact) mass is 304 g/mol. The lowest BCUT2D eigenvalue weighted by Crippen LogP contribution is -2.20. The van der Waals surface area contributed by atoms with Crippen LogP contribution < -0.4 is 0 Å². The third-order valence-corrected chi connectivity index (χ3v) is 4.91. The van der Waals surface area contributed by atoms with Crippen molar-refractivity contribution in [2.24, 2.45) is 0 Å². The predicted molar refractivity (Wildman–Crippen MR) is 75.7 cm³/mol. The van der Waals surface area contributed by atoms with E-state index in [0.29, 0.717) is 11.5 Å². The Kier molecular flexibility index (Phi) is 2.98. The van der Waals surface area contributed by atoms with Crippen molar-refractivity contribution < 1.29 is 4.39 Å². The summed E-state index contributed by atoms with van der Waals surface area (Å²) >= 11 is 3.77. The Morgan fingerprint density at radius 2 is 2.00 bits per heavy atom. The molecule has 0 nitrogen and oxygen atoms in total. The van der Waals surface area contributed by atoms with Gasteiger partial charge >= 0.3 is 0 Å². The molecule has 0 heterocycles. The van der Waals surface area contributed by atoms with Crippen LogP contribution in [-0.2, 0) is 6.42 Å². The highest BCUT2D eigenvalue weighted by molar-refractivity contribution is 9.09. The molecule has 1 aliphatic carbocycles. The number of hydrogen-bond acceptors (Lipinski definition) is 0. The predicted octanol–water partition coefficient (Wildman–Crippen LogP) is 4.91. The van der Waals surface area contributed by atoms with Gasteiger partial charge in [-0.3, -0.25) is 0 Å². The molecule has 1 aliphatic rings. The Morgan fingerprint density at radius 1 is 1.22 bits per heavy atom. The quantitative estimate of drug-likeness (QED) is 0.692. The Hall–Kier alpha value is -1.15. The van der Waals surface area contributed by atoms with Crippen LogP contribution in [-0.4, -0.2) is 0 Å². The van der Waals surface area contributed by atoms with E-state index in [2.05, 4.69) is 40.2 Å². The number of alkyl halides is 1. The molecule has 2 aromatic carbocycles. The van der Waals surface area contributed by atoms with Gasteiger partial charge in [-0.25, -0.2) is 4.39 Å². The molecule has 0 amide bonds. The summed E-state index contributed by atoms with van der Waals surface area (Å²) in [6.45, 7) is 1.81. The third-order valence-electron chi connectivity index (χ3n) is 3.75. The molecule has 0 saturated carbocycles. The summed E-state index contributed by atoms with van der Waals surface area (Å²) in [6.07, 6.45) is 1.10. The highest BCUT2D eigenvalue weighted by atomic mass is 79.9. The average molecular weight is 305 g/mol. The number of benzene rings is 2. The lowest BCUT2D eigenvalue weighted by molar-refractivity contribution is 0.593. The molecular weight excluding hydrogens is 291 g/mol. The van der Waals surface area contributed by atoms with Crippen LogP contribution in [0.1, 0.15) is 33.0 Å². The van der Waals surface area contributed by atoms with Crippen molar-refractivity contribution in [3.8, 4) is 0 Å². The molecule has 2 aromatic rings. The van der Waals surface area contributed by atoms with Crippen molar-refractivity contribution in [2.45, 2.75) is 24.1 Å².